The molecule has 0 heterocycles. The van der Waals surface area contributed by atoms with E-state index >= 15 is 0 Å². The van der Waals surface area contributed by atoms with Crippen LogP contribution < -0.4 is 4.72 Å². The first kappa shape index (κ1) is 19.4. The Morgan fingerprint density at radius 2 is 1.81 bits per heavy atom. The van der Waals surface area contributed by atoms with Gasteiger partial charge in [-0.1, -0.05) is 26.0 Å². The lowest BCUT2D eigenvalue weighted by Crippen LogP contribution is -2.45. The largest absolute Gasteiger partial charge is 0.416 e. The van der Waals surface area contributed by atoms with Crippen LogP contribution in [0.25, 0.3) is 0 Å². The summed E-state index contributed by atoms with van der Waals surface area (Å²) in [6.07, 6.45) is -2.57. The molecule has 2 saturated carbocycles. The molecule has 26 heavy (non-hydrogen) atoms. The smallest absolute Gasteiger partial charge is 0.299 e. The van der Waals surface area contributed by atoms with E-state index in [0.29, 0.717) is 18.4 Å². The molecule has 0 aliphatic heterocycles. The topological polar surface area (TPSA) is 63.2 Å². The first-order chi connectivity index (χ1) is 11.9. The Morgan fingerprint density at radius 1 is 1.19 bits per heavy atom. The van der Waals surface area contributed by atoms with Gasteiger partial charge in [0.1, 0.15) is 5.78 Å². The highest BCUT2D eigenvalue weighted by molar-refractivity contribution is 7.89. The zero-order chi connectivity index (χ0) is 19.4. The van der Waals surface area contributed by atoms with Crippen LogP contribution in [0, 0.1) is 16.7 Å². The van der Waals surface area contributed by atoms with Crippen LogP contribution in [0.4, 0.5) is 13.2 Å². The predicted molar refractivity (Wildman–Crippen MR) is 90.6 cm³/mol. The Morgan fingerprint density at radius 3 is 2.27 bits per heavy atom. The lowest BCUT2D eigenvalue weighted by molar-refractivity contribution is -0.137. The van der Waals surface area contributed by atoms with E-state index in [1.807, 2.05) is 13.8 Å². The Bertz CT molecular complexity index is 815. The van der Waals surface area contributed by atoms with E-state index in [2.05, 4.69) is 4.72 Å². The number of benzene rings is 1. The molecular weight excluding hydrogens is 367 g/mol. The Kier molecular flexibility index (Phi) is 4.51. The fourth-order valence-corrected chi connectivity index (χ4v) is 6.30. The van der Waals surface area contributed by atoms with Gasteiger partial charge in [0.2, 0.25) is 10.0 Å². The number of carbonyl (C=O) groups is 1. The van der Waals surface area contributed by atoms with Gasteiger partial charge in [0, 0.05) is 18.4 Å². The molecule has 2 fully saturated rings. The first-order valence-electron chi connectivity index (χ1n) is 8.54. The SMILES string of the molecule is CC1(C)[C@@H]2CC[C@]1(CS(=O)(=O)NCc1ccc(C(F)(F)F)cc1)C(=O)C2. The summed E-state index contributed by atoms with van der Waals surface area (Å²) in [7, 11) is -3.74. The molecule has 2 bridgehead atoms. The number of Topliss-reactive ketones (excluding diaryl/α,β-unsaturated/α-hetero) is 1. The Labute approximate surface area is 151 Å². The molecule has 2 aliphatic carbocycles. The molecule has 0 spiro atoms. The van der Waals surface area contributed by atoms with Crippen molar-refractivity contribution in [3.8, 4) is 0 Å². The van der Waals surface area contributed by atoms with E-state index in [4.69, 9.17) is 0 Å². The van der Waals surface area contributed by atoms with Crippen LogP contribution in [0.3, 0.4) is 0 Å². The van der Waals surface area contributed by atoms with Gasteiger partial charge in [0.25, 0.3) is 0 Å². The molecule has 0 saturated heterocycles. The zero-order valence-electron chi connectivity index (χ0n) is 14.7. The van der Waals surface area contributed by atoms with Crippen LogP contribution in [0.15, 0.2) is 24.3 Å². The molecule has 4 nitrogen and oxygen atoms in total. The number of hydrogen-bond acceptors (Lipinski definition) is 3. The molecule has 144 valence electrons. The second-order valence-electron chi connectivity index (χ2n) is 7.94. The summed E-state index contributed by atoms with van der Waals surface area (Å²) in [5.41, 5.74) is -1.56. The number of sulfonamides is 1. The maximum Gasteiger partial charge on any atom is 0.416 e. The minimum Gasteiger partial charge on any atom is -0.299 e. The lowest BCUT2D eigenvalue weighted by Gasteiger charge is -2.36. The number of ketones is 1. The van der Waals surface area contributed by atoms with Crippen LogP contribution >= 0.6 is 0 Å². The monoisotopic (exact) mass is 389 g/mol. The van der Waals surface area contributed by atoms with Crippen LogP contribution in [0.2, 0.25) is 0 Å². The van der Waals surface area contributed by atoms with Gasteiger partial charge in [-0.15, -0.1) is 0 Å². The highest BCUT2D eigenvalue weighted by Gasteiger charge is 2.65. The standard InChI is InChI=1S/C18H22F3NO3S/c1-16(2)14-7-8-17(16,15(23)9-14)11-26(24,25)22-10-12-3-5-13(6-4-12)18(19,20)21/h3-6,14,22H,7-11H2,1-2H3/t14-,17+/m1/s1. The summed E-state index contributed by atoms with van der Waals surface area (Å²) in [5, 5.41) is 0. The quantitative estimate of drug-likeness (QED) is 0.838. The average Bonchev–Trinajstić information content (AvgIpc) is 2.86. The third-order valence-electron chi connectivity index (χ3n) is 6.35. The number of fused-ring (bicyclic) bond motifs is 2. The molecule has 2 aliphatic rings. The second kappa shape index (κ2) is 6.05. The molecule has 1 N–H and O–H groups in total. The summed E-state index contributed by atoms with van der Waals surface area (Å²) < 4.78 is 65.3. The maximum absolute atomic E-state index is 12.6. The van der Waals surface area contributed by atoms with Crippen molar-refractivity contribution in [3.05, 3.63) is 35.4 Å². The highest BCUT2D eigenvalue weighted by atomic mass is 32.2. The van der Waals surface area contributed by atoms with E-state index in [1.54, 1.807) is 0 Å². The van der Waals surface area contributed by atoms with Gasteiger partial charge in [0.15, 0.2) is 0 Å². The summed E-state index contributed by atoms with van der Waals surface area (Å²) in [6.45, 7) is 3.82. The number of alkyl halides is 3. The van der Waals surface area contributed by atoms with Crippen molar-refractivity contribution in [1.29, 1.82) is 0 Å². The number of rotatable bonds is 5. The van der Waals surface area contributed by atoms with Crippen molar-refractivity contribution in [2.24, 2.45) is 16.7 Å². The number of nitrogens with one attached hydrogen (secondary N) is 1. The van der Waals surface area contributed by atoms with Crippen molar-refractivity contribution in [3.63, 3.8) is 0 Å². The van der Waals surface area contributed by atoms with Gasteiger partial charge < -0.3 is 0 Å². The van der Waals surface area contributed by atoms with Crippen molar-refractivity contribution < 1.29 is 26.4 Å². The minimum absolute atomic E-state index is 0.0126. The molecule has 0 aromatic heterocycles. The third-order valence-corrected chi connectivity index (χ3v) is 7.81. The van der Waals surface area contributed by atoms with Crippen molar-refractivity contribution in [2.75, 3.05) is 5.75 Å². The number of carbonyl (C=O) groups excluding carboxylic acids is 1. The summed E-state index contributed by atoms with van der Waals surface area (Å²) >= 11 is 0. The van der Waals surface area contributed by atoms with Crippen molar-refractivity contribution in [2.45, 2.75) is 45.8 Å². The summed E-state index contributed by atoms with van der Waals surface area (Å²) in [6, 6.07) is 4.35. The molecule has 3 rings (SSSR count). The molecule has 8 heteroatoms. The zero-order valence-corrected chi connectivity index (χ0v) is 15.5. The average molecular weight is 389 g/mol. The van der Waals surface area contributed by atoms with Gasteiger partial charge in [-0.05, 0) is 41.9 Å². The van der Waals surface area contributed by atoms with E-state index in [9.17, 15) is 26.4 Å². The van der Waals surface area contributed by atoms with Crippen molar-refractivity contribution in [1.82, 2.24) is 4.72 Å². The van der Waals surface area contributed by atoms with Crippen LogP contribution in [-0.4, -0.2) is 20.0 Å². The molecule has 2 atom stereocenters. The normalized spacial score (nSPS) is 27.9. The Balaban J connectivity index is 1.69. The fourth-order valence-electron chi connectivity index (χ4n) is 4.49. The van der Waals surface area contributed by atoms with Crippen LogP contribution in [0.5, 0.6) is 0 Å². The first-order valence-corrected chi connectivity index (χ1v) is 10.2. The molecule has 0 amide bonds. The fraction of sp³-hybridized carbons (Fsp3) is 0.611. The van der Waals surface area contributed by atoms with E-state index < -0.39 is 27.2 Å². The van der Waals surface area contributed by atoms with Gasteiger partial charge in [-0.2, -0.15) is 13.2 Å². The molecule has 1 aromatic rings. The van der Waals surface area contributed by atoms with Gasteiger partial charge in [-0.25, -0.2) is 13.1 Å². The van der Waals surface area contributed by atoms with Crippen LogP contribution in [-0.2, 0) is 27.5 Å². The van der Waals surface area contributed by atoms with Crippen LogP contribution in [0.1, 0.15) is 44.2 Å². The summed E-state index contributed by atoms with van der Waals surface area (Å²) in [5.74, 6) is -0.0260. The molecule has 0 radical (unpaired) electrons. The molecule has 1 aromatic carbocycles. The predicted octanol–water partition coefficient (Wildman–Crippen LogP) is 3.52. The van der Waals surface area contributed by atoms with E-state index in [1.165, 1.54) is 12.1 Å². The molecular formula is C18H22F3NO3S. The minimum atomic E-state index is -4.43. The number of halogens is 3. The molecule has 0 unspecified atom stereocenters. The second-order valence-corrected chi connectivity index (χ2v) is 9.75. The van der Waals surface area contributed by atoms with Gasteiger partial charge in [0.05, 0.1) is 11.3 Å². The highest BCUT2D eigenvalue weighted by Crippen LogP contribution is 2.64. The summed E-state index contributed by atoms with van der Waals surface area (Å²) in [4.78, 5) is 12.5. The van der Waals surface area contributed by atoms with Crippen molar-refractivity contribution >= 4 is 15.8 Å². The van der Waals surface area contributed by atoms with Gasteiger partial charge >= 0.3 is 6.18 Å². The van der Waals surface area contributed by atoms with E-state index in [0.717, 1.165) is 18.6 Å². The van der Waals surface area contributed by atoms with E-state index in [-0.39, 0.29) is 29.4 Å². The maximum atomic E-state index is 12.6. The van der Waals surface area contributed by atoms with Gasteiger partial charge in [-0.3, -0.25) is 4.79 Å². The number of hydrogen-bond donors (Lipinski definition) is 1. The Hall–Kier alpha value is -1.41. The lowest BCUT2D eigenvalue weighted by atomic mass is 9.70. The third kappa shape index (κ3) is 3.17.